The van der Waals surface area contributed by atoms with E-state index in [-0.39, 0.29) is 29.8 Å². The van der Waals surface area contributed by atoms with Gasteiger partial charge in [-0.1, -0.05) is 25.0 Å². The number of benzene rings is 1. The SMILES string of the molecule is COc1cc(C2(C(=O)N[C@H]3CCCNC3)CCCC2)ccc1C.Cl. The summed E-state index contributed by atoms with van der Waals surface area (Å²) < 4.78 is 5.48. The highest BCUT2D eigenvalue weighted by Gasteiger charge is 2.43. The van der Waals surface area contributed by atoms with Gasteiger partial charge in [-0.3, -0.25) is 4.79 Å². The van der Waals surface area contributed by atoms with E-state index in [1.165, 1.54) is 0 Å². The van der Waals surface area contributed by atoms with E-state index in [1.54, 1.807) is 7.11 Å². The molecule has 2 fully saturated rings. The fourth-order valence-corrected chi connectivity index (χ4v) is 4.04. The van der Waals surface area contributed by atoms with Crippen molar-refractivity contribution in [3.05, 3.63) is 29.3 Å². The monoisotopic (exact) mass is 352 g/mol. The lowest BCUT2D eigenvalue weighted by Gasteiger charge is -2.32. The van der Waals surface area contributed by atoms with Crippen LogP contribution in [0.15, 0.2) is 18.2 Å². The molecule has 0 unspecified atom stereocenters. The van der Waals surface area contributed by atoms with Crippen LogP contribution in [0, 0.1) is 6.92 Å². The topological polar surface area (TPSA) is 50.4 Å². The number of rotatable bonds is 4. The highest BCUT2D eigenvalue weighted by molar-refractivity contribution is 5.89. The largest absolute Gasteiger partial charge is 0.496 e. The van der Waals surface area contributed by atoms with Crippen LogP contribution in [-0.4, -0.2) is 32.1 Å². The standard InChI is InChI=1S/C19H28N2O2.ClH/c1-14-7-8-15(12-17(14)23-2)19(9-3-4-10-19)18(22)21-16-6-5-11-20-13-16;/h7-8,12,16,20H,3-6,9-11,13H2,1-2H3,(H,21,22);1H/t16-;/m0./s1. The molecule has 2 aliphatic rings. The van der Waals surface area contributed by atoms with Crippen molar-refractivity contribution in [3.63, 3.8) is 0 Å². The Labute approximate surface area is 151 Å². The van der Waals surface area contributed by atoms with E-state index in [4.69, 9.17) is 4.74 Å². The van der Waals surface area contributed by atoms with Crippen LogP contribution >= 0.6 is 12.4 Å². The second kappa shape index (κ2) is 8.21. The smallest absolute Gasteiger partial charge is 0.230 e. The van der Waals surface area contributed by atoms with Crippen LogP contribution in [0.5, 0.6) is 5.75 Å². The van der Waals surface area contributed by atoms with Gasteiger partial charge in [-0.2, -0.15) is 0 Å². The van der Waals surface area contributed by atoms with Gasteiger partial charge in [0.15, 0.2) is 0 Å². The fraction of sp³-hybridized carbons (Fsp3) is 0.632. The summed E-state index contributed by atoms with van der Waals surface area (Å²) in [6, 6.07) is 6.52. The van der Waals surface area contributed by atoms with Crippen LogP contribution in [-0.2, 0) is 10.2 Å². The van der Waals surface area contributed by atoms with Gasteiger partial charge in [0.2, 0.25) is 5.91 Å². The van der Waals surface area contributed by atoms with E-state index in [1.807, 2.05) is 6.92 Å². The maximum Gasteiger partial charge on any atom is 0.230 e. The maximum absolute atomic E-state index is 13.1. The molecule has 5 heteroatoms. The number of halogens is 1. The van der Waals surface area contributed by atoms with E-state index < -0.39 is 0 Å². The molecular formula is C19H29ClN2O2. The molecule has 1 aliphatic heterocycles. The Hall–Kier alpha value is -1.26. The molecule has 1 aliphatic carbocycles. The van der Waals surface area contributed by atoms with E-state index >= 15 is 0 Å². The predicted molar refractivity (Wildman–Crippen MR) is 99.2 cm³/mol. The molecule has 3 rings (SSSR count). The number of piperidine rings is 1. The molecule has 1 aromatic carbocycles. The number of methoxy groups -OCH3 is 1. The number of carbonyl (C=O) groups excluding carboxylic acids is 1. The molecule has 0 spiro atoms. The lowest BCUT2D eigenvalue weighted by Crippen LogP contribution is -2.51. The number of nitrogens with one attached hydrogen (secondary N) is 2. The highest BCUT2D eigenvalue weighted by atomic mass is 35.5. The third-order valence-electron chi connectivity index (χ3n) is 5.48. The second-order valence-corrected chi connectivity index (χ2v) is 6.99. The van der Waals surface area contributed by atoms with E-state index in [9.17, 15) is 4.79 Å². The molecule has 1 heterocycles. The molecule has 2 N–H and O–H groups in total. The van der Waals surface area contributed by atoms with Gasteiger partial charge in [-0.05, 0) is 56.3 Å². The average molecular weight is 353 g/mol. The van der Waals surface area contributed by atoms with Crippen LogP contribution in [0.1, 0.15) is 49.7 Å². The Kier molecular flexibility index (Phi) is 6.53. The second-order valence-electron chi connectivity index (χ2n) is 6.99. The van der Waals surface area contributed by atoms with Gasteiger partial charge in [0.05, 0.1) is 12.5 Å². The summed E-state index contributed by atoms with van der Waals surface area (Å²) in [5, 5.41) is 6.68. The van der Waals surface area contributed by atoms with Crippen LogP contribution in [0.25, 0.3) is 0 Å². The van der Waals surface area contributed by atoms with Crippen molar-refractivity contribution >= 4 is 18.3 Å². The minimum absolute atomic E-state index is 0. The normalized spacial score (nSPS) is 22.5. The zero-order chi connectivity index (χ0) is 16.3. The molecule has 0 bridgehead atoms. The van der Waals surface area contributed by atoms with Gasteiger partial charge in [0, 0.05) is 12.6 Å². The highest BCUT2D eigenvalue weighted by Crippen LogP contribution is 2.43. The molecule has 24 heavy (non-hydrogen) atoms. The summed E-state index contributed by atoms with van der Waals surface area (Å²) in [4.78, 5) is 13.1. The van der Waals surface area contributed by atoms with Crippen molar-refractivity contribution in [3.8, 4) is 5.75 Å². The molecule has 134 valence electrons. The molecule has 1 amide bonds. The Balaban J connectivity index is 0.00000208. The lowest BCUT2D eigenvalue weighted by atomic mass is 9.77. The van der Waals surface area contributed by atoms with Gasteiger partial charge >= 0.3 is 0 Å². The molecule has 1 aromatic rings. The van der Waals surface area contributed by atoms with Crippen molar-refractivity contribution in [2.45, 2.75) is 56.9 Å². The average Bonchev–Trinajstić information content (AvgIpc) is 3.07. The third-order valence-corrected chi connectivity index (χ3v) is 5.48. The number of amides is 1. The Bertz CT molecular complexity index is 564. The Morgan fingerprint density at radius 3 is 2.67 bits per heavy atom. The van der Waals surface area contributed by atoms with Crippen LogP contribution in [0.4, 0.5) is 0 Å². The Morgan fingerprint density at radius 1 is 1.29 bits per heavy atom. The number of aryl methyl sites for hydroxylation is 1. The van der Waals surface area contributed by atoms with Crippen molar-refractivity contribution in [1.82, 2.24) is 10.6 Å². The molecule has 1 saturated carbocycles. The number of carbonyl (C=O) groups is 1. The van der Waals surface area contributed by atoms with E-state index in [0.29, 0.717) is 0 Å². The van der Waals surface area contributed by atoms with Crippen LogP contribution < -0.4 is 15.4 Å². The van der Waals surface area contributed by atoms with Crippen molar-refractivity contribution in [2.75, 3.05) is 20.2 Å². The zero-order valence-electron chi connectivity index (χ0n) is 14.7. The van der Waals surface area contributed by atoms with Crippen LogP contribution in [0.2, 0.25) is 0 Å². The quantitative estimate of drug-likeness (QED) is 0.875. The van der Waals surface area contributed by atoms with Crippen molar-refractivity contribution in [2.24, 2.45) is 0 Å². The summed E-state index contributed by atoms with van der Waals surface area (Å²) in [6.07, 6.45) is 6.32. The minimum Gasteiger partial charge on any atom is -0.496 e. The molecule has 4 nitrogen and oxygen atoms in total. The van der Waals surface area contributed by atoms with Gasteiger partial charge in [0.25, 0.3) is 0 Å². The summed E-state index contributed by atoms with van der Waals surface area (Å²) in [6.45, 7) is 3.99. The zero-order valence-corrected chi connectivity index (χ0v) is 15.5. The number of hydrogen-bond donors (Lipinski definition) is 2. The molecule has 1 saturated heterocycles. The summed E-state index contributed by atoms with van der Waals surface area (Å²) in [5.74, 6) is 1.08. The van der Waals surface area contributed by atoms with E-state index in [0.717, 1.165) is 68.5 Å². The minimum atomic E-state index is -0.377. The Morgan fingerprint density at radius 2 is 2.04 bits per heavy atom. The lowest BCUT2D eigenvalue weighted by molar-refractivity contribution is -0.127. The fourth-order valence-electron chi connectivity index (χ4n) is 4.04. The predicted octanol–water partition coefficient (Wildman–Crippen LogP) is 3.11. The van der Waals surface area contributed by atoms with E-state index in [2.05, 4.69) is 28.8 Å². The van der Waals surface area contributed by atoms with Gasteiger partial charge < -0.3 is 15.4 Å². The first kappa shape index (κ1) is 19.1. The first-order valence-electron chi connectivity index (χ1n) is 8.82. The molecule has 1 atom stereocenters. The summed E-state index contributed by atoms with van der Waals surface area (Å²) in [5.41, 5.74) is 1.85. The number of ether oxygens (including phenoxy) is 1. The molecule has 0 radical (unpaired) electrons. The van der Waals surface area contributed by atoms with Crippen molar-refractivity contribution in [1.29, 1.82) is 0 Å². The van der Waals surface area contributed by atoms with Gasteiger partial charge in [-0.25, -0.2) is 0 Å². The third kappa shape index (κ3) is 3.70. The molecular weight excluding hydrogens is 324 g/mol. The summed E-state index contributed by atoms with van der Waals surface area (Å²) in [7, 11) is 1.70. The first-order chi connectivity index (χ1) is 11.2. The van der Waals surface area contributed by atoms with Crippen LogP contribution in [0.3, 0.4) is 0 Å². The van der Waals surface area contributed by atoms with Gasteiger partial charge in [-0.15, -0.1) is 12.4 Å². The maximum atomic E-state index is 13.1. The number of hydrogen-bond acceptors (Lipinski definition) is 3. The van der Waals surface area contributed by atoms with Crippen molar-refractivity contribution < 1.29 is 9.53 Å². The molecule has 0 aromatic heterocycles. The summed E-state index contributed by atoms with van der Waals surface area (Å²) >= 11 is 0. The van der Waals surface area contributed by atoms with Gasteiger partial charge in [0.1, 0.15) is 5.75 Å². The first-order valence-corrected chi connectivity index (χ1v) is 8.82.